The minimum atomic E-state index is -1.17. The zero-order valence-electron chi connectivity index (χ0n) is 12.1. The molecule has 21 heavy (non-hydrogen) atoms. The number of rotatable bonds is 6. The second-order valence-corrected chi connectivity index (χ2v) is 6.07. The van der Waals surface area contributed by atoms with Gasteiger partial charge in [-0.15, -0.1) is 0 Å². The molecular weight excluding hydrogens is 286 g/mol. The van der Waals surface area contributed by atoms with Gasteiger partial charge in [-0.3, -0.25) is 4.21 Å². The molecule has 5 heteroatoms. The number of hydrogen-bond donors (Lipinski definition) is 1. The molecule has 0 amide bonds. The van der Waals surface area contributed by atoms with Crippen molar-refractivity contribution in [2.24, 2.45) is 5.73 Å². The van der Waals surface area contributed by atoms with Crippen molar-refractivity contribution in [3.63, 3.8) is 0 Å². The van der Waals surface area contributed by atoms with Crippen molar-refractivity contribution in [3.05, 3.63) is 54.1 Å². The first-order valence-electron chi connectivity index (χ1n) is 6.56. The van der Waals surface area contributed by atoms with Gasteiger partial charge in [-0.05, 0) is 35.9 Å². The molecule has 2 rings (SSSR count). The van der Waals surface area contributed by atoms with Gasteiger partial charge in [0.25, 0.3) is 0 Å². The van der Waals surface area contributed by atoms with Crippen LogP contribution in [0.3, 0.4) is 0 Å². The van der Waals surface area contributed by atoms with Crippen LogP contribution < -0.4 is 15.2 Å². The molecule has 0 aliphatic carbocycles. The molecule has 0 fully saturated rings. The largest absolute Gasteiger partial charge is 0.497 e. The Balaban J connectivity index is 2.06. The molecule has 0 spiro atoms. The van der Waals surface area contributed by atoms with Crippen molar-refractivity contribution in [2.45, 2.75) is 10.9 Å². The molecule has 0 heterocycles. The molecule has 2 N–H and O–H groups in total. The first kappa shape index (κ1) is 15.5. The van der Waals surface area contributed by atoms with E-state index in [0.29, 0.717) is 11.5 Å². The summed E-state index contributed by atoms with van der Waals surface area (Å²) in [6.07, 6.45) is 0. The summed E-state index contributed by atoms with van der Waals surface area (Å²) in [7, 11) is 2.04. The summed E-state index contributed by atoms with van der Waals surface area (Å²) in [5.74, 6) is 1.83. The lowest BCUT2D eigenvalue weighted by molar-refractivity contribution is 0.413. The average molecular weight is 305 g/mol. The minimum Gasteiger partial charge on any atom is -0.497 e. The molecule has 112 valence electrons. The van der Waals surface area contributed by atoms with E-state index >= 15 is 0 Å². The van der Waals surface area contributed by atoms with Crippen molar-refractivity contribution >= 4 is 10.8 Å². The molecular formula is C16H19NO3S. The zero-order chi connectivity index (χ0) is 15.2. The van der Waals surface area contributed by atoms with Crippen molar-refractivity contribution < 1.29 is 13.7 Å². The molecule has 2 atom stereocenters. The first-order chi connectivity index (χ1) is 10.1. The third-order valence-electron chi connectivity index (χ3n) is 3.18. The lowest BCUT2D eigenvalue weighted by atomic mass is 10.1. The third-order valence-corrected chi connectivity index (χ3v) is 4.62. The fourth-order valence-corrected chi connectivity index (χ4v) is 3.14. The zero-order valence-corrected chi connectivity index (χ0v) is 12.9. The predicted molar refractivity (Wildman–Crippen MR) is 84.2 cm³/mol. The van der Waals surface area contributed by atoms with Crippen LogP contribution in [0.2, 0.25) is 0 Å². The van der Waals surface area contributed by atoms with Gasteiger partial charge in [-0.25, -0.2) is 0 Å². The number of ether oxygens (including phenoxy) is 2. The van der Waals surface area contributed by atoms with Crippen LogP contribution >= 0.6 is 0 Å². The van der Waals surface area contributed by atoms with Gasteiger partial charge in [0.15, 0.2) is 0 Å². The molecule has 0 aliphatic heterocycles. The van der Waals surface area contributed by atoms with E-state index in [1.165, 1.54) is 0 Å². The second-order valence-electron chi connectivity index (χ2n) is 4.57. The summed E-state index contributed by atoms with van der Waals surface area (Å²) < 4.78 is 22.6. The average Bonchev–Trinajstić information content (AvgIpc) is 2.54. The van der Waals surface area contributed by atoms with E-state index in [0.717, 1.165) is 16.2 Å². The molecule has 2 unspecified atom stereocenters. The van der Waals surface area contributed by atoms with Gasteiger partial charge in [-0.1, -0.05) is 18.2 Å². The van der Waals surface area contributed by atoms with Crippen LogP contribution in [-0.2, 0) is 10.8 Å². The molecule has 0 bridgehead atoms. The second kappa shape index (κ2) is 7.24. The fourth-order valence-electron chi connectivity index (χ4n) is 1.95. The summed E-state index contributed by atoms with van der Waals surface area (Å²) in [4.78, 5) is 0.721. The van der Waals surface area contributed by atoms with Crippen LogP contribution in [0.4, 0.5) is 0 Å². The van der Waals surface area contributed by atoms with Crippen molar-refractivity contribution in [1.82, 2.24) is 0 Å². The van der Waals surface area contributed by atoms with Gasteiger partial charge in [0.1, 0.15) is 11.5 Å². The van der Waals surface area contributed by atoms with Gasteiger partial charge in [-0.2, -0.15) is 0 Å². The highest BCUT2D eigenvalue weighted by molar-refractivity contribution is 7.85. The van der Waals surface area contributed by atoms with Gasteiger partial charge >= 0.3 is 0 Å². The highest BCUT2D eigenvalue weighted by atomic mass is 32.2. The summed E-state index contributed by atoms with van der Waals surface area (Å²) in [5.41, 5.74) is 7.07. The van der Waals surface area contributed by atoms with E-state index in [4.69, 9.17) is 15.2 Å². The van der Waals surface area contributed by atoms with E-state index in [2.05, 4.69) is 0 Å². The third kappa shape index (κ3) is 4.06. The van der Waals surface area contributed by atoms with E-state index in [9.17, 15) is 4.21 Å². The van der Waals surface area contributed by atoms with Gasteiger partial charge < -0.3 is 15.2 Å². The van der Waals surface area contributed by atoms with Crippen LogP contribution in [-0.4, -0.2) is 24.2 Å². The minimum absolute atomic E-state index is 0.289. The predicted octanol–water partition coefficient (Wildman–Crippen LogP) is 2.51. The van der Waals surface area contributed by atoms with Crippen LogP contribution in [0.15, 0.2) is 53.4 Å². The molecule has 4 nitrogen and oxygen atoms in total. The maximum absolute atomic E-state index is 12.4. The summed E-state index contributed by atoms with van der Waals surface area (Å²) >= 11 is 0. The smallest absolute Gasteiger partial charge is 0.120 e. The van der Waals surface area contributed by atoms with Crippen LogP contribution in [0, 0.1) is 0 Å². The molecule has 0 radical (unpaired) electrons. The summed E-state index contributed by atoms with van der Waals surface area (Å²) in [6, 6.07) is 14.4. The van der Waals surface area contributed by atoms with E-state index < -0.39 is 10.8 Å². The topological polar surface area (TPSA) is 61.5 Å². The fraction of sp³-hybridized carbons (Fsp3) is 0.250. The Hall–Kier alpha value is -1.85. The number of hydrogen-bond acceptors (Lipinski definition) is 4. The molecule has 2 aromatic carbocycles. The Morgan fingerprint density at radius 3 is 2.33 bits per heavy atom. The lowest BCUT2D eigenvalue weighted by Gasteiger charge is -2.13. The quantitative estimate of drug-likeness (QED) is 0.891. The van der Waals surface area contributed by atoms with Crippen molar-refractivity contribution in [3.8, 4) is 11.5 Å². The Bertz CT molecular complexity index is 613. The maximum Gasteiger partial charge on any atom is 0.120 e. The van der Waals surface area contributed by atoms with E-state index in [1.54, 1.807) is 20.3 Å². The molecule has 0 saturated carbocycles. The lowest BCUT2D eigenvalue weighted by Crippen LogP contribution is -2.18. The molecule has 0 saturated heterocycles. The highest BCUT2D eigenvalue weighted by Gasteiger charge is 2.13. The highest BCUT2D eigenvalue weighted by Crippen LogP contribution is 2.20. The standard InChI is InChI=1S/C16H19NO3S/c1-19-13-8-6-12(7-9-13)16(17)11-21(18)15-5-3-4-14(10-15)20-2/h3-10,16H,11,17H2,1-2H3. The normalized spacial score (nSPS) is 13.5. The van der Waals surface area contributed by atoms with E-state index in [-0.39, 0.29) is 6.04 Å². The monoisotopic (exact) mass is 305 g/mol. The van der Waals surface area contributed by atoms with Crippen LogP contribution in [0.5, 0.6) is 11.5 Å². The number of benzene rings is 2. The number of nitrogens with two attached hydrogens (primary N) is 1. The van der Waals surface area contributed by atoms with Crippen LogP contribution in [0.25, 0.3) is 0 Å². The van der Waals surface area contributed by atoms with Gasteiger partial charge in [0.05, 0.1) is 25.0 Å². The maximum atomic E-state index is 12.4. The SMILES string of the molecule is COc1ccc(C(N)CS(=O)c2cccc(OC)c2)cc1. The number of methoxy groups -OCH3 is 2. The summed E-state index contributed by atoms with van der Waals surface area (Å²) in [5, 5.41) is 0. The van der Waals surface area contributed by atoms with Gasteiger partial charge in [0.2, 0.25) is 0 Å². The summed E-state index contributed by atoms with van der Waals surface area (Å²) in [6.45, 7) is 0. The Kier molecular flexibility index (Phi) is 5.36. The Morgan fingerprint density at radius 2 is 1.71 bits per heavy atom. The van der Waals surface area contributed by atoms with Crippen LogP contribution in [0.1, 0.15) is 11.6 Å². The Morgan fingerprint density at radius 1 is 1.05 bits per heavy atom. The van der Waals surface area contributed by atoms with Crippen molar-refractivity contribution in [2.75, 3.05) is 20.0 Å². The molecule has 0 aromatic heterocycles. The van der Waals surface area contributed by atoms with Gasteiger partial charge in [0, 0.05) is 16.7 Å². The molecule has 2 aromatic rings. The first-order valence-corrected chi connectivity index (χ1v) is 7.88. The van der Waals surface area contributed by atoms with E-state index in [1.807, 2.05) is 42.5 Å². The Labute approximate surface area is 127 Å². The van der Waals surface area contributed by atoms with Crippen molar-refractivity contribution in [1.29, 1.82) is 0 Å². The molecule has 0 aliphatic rings.